The molecule has 0 bridgehead atoms. The van der Waals surface area contributed by atoms with Crippen molar-refractivity contribution >= 4 is 21.4 Å². The molecule has 2 rings (SSSR count). The van der Waals surface area contributed by atoms with Crippen LogP contribution in [-0.4, -0.2) is 31.9 Å². The van der Waals surface area contributed by atoms with Gasteiger partial charge >= 0.3 is 0 Å². The van der Waals surface area contributed by atoms with Crippen molar-refractivity contribution in [3.8, 4) is 6.07 Å². The van der Waals surface area contributed by atoms with Crippen LogP contribution in [0.25, 0.3) is 0 Å². The van der Waals surface area contributed by atoms with E-state index in [0.29, 0.717) is 18.0 Å². The number of hydrogen-bond donors (Lipinski definition) is 1. The van der Waals surface area contributed by atoms with Crippen LogP contribution in [0, 0.1) is 11.3 Å². The molecule has 0 radical (unpaired) electrons. The molecule has 0 atom stereocenters. The van der Waals surface area contributed by atoms with Gasteiger partial charge in [-0.25, -0.2) is 8.42 Å². The Kier molecular flexibility index (Phi) is 2.52. The highest BCUT2D eigenvalue weighted by Crippen LogP contribution is 2.26. The van der Waals surface area contributed by atoms with Crippen LogP contribution in [0.3, 0.4) is 0 Å². The third-order valence-corrected chi connectivity index (χ3v) is 5.45. The Bertz CT molecular complexity index is 508. The zero-order valence-corrected chi connectivity index (χ0v) is 9.38. The van der Waals surface area contributed by atoms with Crippen LogP contribution in [-0.2, 0) is 10.0 Å². The molecule has 0 aromatic carbocycles. The van der Waals surface area contributed by atoms with E-state index in [1.54, 1.807) is 0 Å². The Labute approximate surface area is 91.8 Å². The van der Waals surface area contributed by atoms with Gasteiger partial charge in [0.2, 0.25) is 0 Å². The van der Waals surface area contributed by atoms with E-state index in [0.717, 1.165) is 11.3 Å². The summed E-state index contributed by atoms with van der Waals surface area (Å²) in [4.78, 5) is 0.401. The Morgan fingerprint density at radius 3 is 2.67 bits per heavy atom. The zero-order valence-electron chi connectivity index (χ0n) is 7.75. The maximum absolute atomic E-state index is 11.9. The van der Waals surface area contributed by atoms with Crippen molar-refractivity contribution in [1.29, 1.82) is 5.26 Å². The molecule has 0 saturated carbocycles. The summed E-state index contributed by atoms with van der Waals surface area (Å²) in [6.07, 6.45) is 0. The van der Waals surface area contributed by atoms with Crippen LogP contribution in [0.5, 0.6) is 0 Å². The van der Waals surface area contributed by atoms with E-state index in [2.05, 4.69) is 0 Å². The first-order valence-electron chi connectivity index (χ1n) is 4.29. The third kappa shape index (κ3) is 1.77. The Balaban J connectivity index is 2.27. The van der Waals surface area contributed by atoms with Crippen LogP contribution in [0.15, 0.2) is 16.3 Å². The van der Waals surface area contributed by atoms with Crippen molar-refractivity contribution in [2.75, 3.05) is 13.1 Å². The summed E-state index contributed by atoms with van der Waals surface area (Å²) in [5.74, 6) is 0. The first kappa shape index (κ1) is 10.6. The predicted molar refractivity (Wildman–Crippen MR) is 55.8 cm³/mol. The smallest absolute Gasteiger partial charge is 0.252 e. The van der Waals surface area contributed by atoms with Gasteiger partial charge in [0.1, 0.15) is 15.2 Å². The summed E-state index contributed by atoms with van der Waals surface area (Å²) in [6, 6.07) is 4.83. The molecular formula is C8H9N3O2S2. The topological polar surface area (TPSA) is 87.2 Å². The van der Waals surface area contributed by atoms with Gasteiger partial charge in [-0.3, -0.25) is 0 Å². The molecule has 1 saturated heterocycles. The van der Waals surface area contributed by atoms with E-state index in [4.69, 9.17) is 11.0 Å². The molecule has 80 valence electrons. The number of thiophene rings is 1. The Morgan fingerprint density at radius 2 is 2.20 bits per heavy atom. The van der Waals surface area contributed by atoms with Crippen molar-refractivity contribution in [2.45, 2.75) is 10.3 Å². The molecule has 5 nitrogen and oxygen atoms in total. The SMILES string of the molecule is N#Cc1ccc(S(=O)(=O)N2CC(N)C2)s1. The highest BCUT2D eigenvalue weighted by atomic mass is 32.2. The van der Waals surface area contributed by atoms with E-state index in [-0.39, 0.29) is 10.3 Å². The minimum Gasteiger partial charge on any atom is -0.325 e. The van der Waals surface area contributed by atoms with Crippen LogP contribution in [0.4, 0.5) is 0 Å². The molecule has 1 aromatic heterocycles. The average Bonchev–Trinajstić information content (AvgIpc) is 2.61. The Hall–Kier alpha value is -0.940. The van der Waals surface area contributed by atoms with E-state index in [9.17, 15) is 8.42 Å². The monoisotopic (exact) mass is 243 g/mol. The lowest BCUT2D eigenvalue weighted by atomic mass is 10.2. The van der Waals surface area contributed by atoms with Crippen molar-refractivity contribution in [3.63, 3.8) is 0 Å². The minimum absolute atomic E-state index is 0.0600. The molecule has 1 aliphatic heterocycles. The molecule has 2 heterocycles. The quantitative estimate of drug-likeness (QED) is 0.789. The lowest BCUT2D eigenvalue weighted by Crippen LogP contribution is -2.57. The lowest BCUT2D eigenvalue weighted by molar-refractivity contribution is 0.266. The van der Waals surface area contributed by atoms with Gasteiger partial charge < -0.3 is 5.73 Å². The second kappa shape index (κ2) is 3.57. The predicted octanol–water partition coefficient (Wildman–Crippen LogP) is -0.0486. The molecule has 0 aliphatic carbocycles. The third-order valence-electron chi connectivity index (χ3n) is 2.16. The number of nitriles is 1. The van der Waals surface area contributed by atoms with Crippen LogP contribution in [0.1, 0.15) is 4.88 Å². The number of sulfonamides is 1. The van der Waals surface area contributed by atoms with Gasteiger partial charge in [-0.15, -0.1) is 11.3 Å². The standard InChI is InChI=1S/C8H9N3O2S2/c9-3-7-1-2-8(14-7)15(12,13)11-4-6(10)5-11/h1-2,6H,4-5,10H2. The molecule has 1 aromatic rings. The molecule has 7 heteroatoms. The highest BCUT2D eigenvalue weighted by molar-refractivity contribution is 7.91. The van der Waals surface area contributed by atoms with Crippen molar-refractivity contribution in [2.24, 2.45) is 5.73 Å². The lowest BCUT2D eigenvalue weighted by Gasteiger charge is -2.34. The molecule has 15 heavy (non-hydrogen) atoms. The summed E-state index contributed by atoms with van der Waals surface area (Å²) in [5.41, 5.74) is 5.52. The normalized spacial score (nSPS) is 18.4. The summed E-state index contributed by atoms with van der Waals surface area (Å²) >= 11 is 0.987. The summed E-state index contributed by atoms with van der Waals surface area (Å²) < 4.78 is 25.3. The number of hydrogen-bond acceptors (Lipinski definition) is 5. The Morgan fingerprint density at radius 1 is 1.53 bits per heavy atom. The van der Waals surface area contributed by atoms with Gasteiger partial charge in [-0.05, 0) is 12.1 Å². The van der Waals surface area contributed by atoms with E-state index < -0.39 is 10.0 Å². The van der Waals surface area contributed by atoms with Gasteiger partial charge in [0, 0.05) is 19.1 Å². The van der Waals surface area contributed by atoms with Crippen molar-refractivity contribution in [3.05, 3.63) is 17.0 Å². The molecular weight excluding hydrogens is 234 g/mol. The van der Waals surface area contributed by atoms with Crippen molar-refractivity contribution in [1.82, 2.24) is 4.31 Å². The largest absolute Gasteiger partial charge is 0.325 e. The molecule has 0 amide bonds. The number of nitrogens with two attached hydrogens (primary N) is 1. The van der Waals surface area contributed by atoms with E-state index >= 15 is 0 Å². The van der Waals surface area contributed by atoms with Crippen molar-refractivity contribution < 1.29 is 8.42 Å². The van der Waals surface area contributed by atoms with Gasteiger partial charge in [0.25, 0.3) is 10.0 Å². The van der Waals surface area contributed by atoms with E-state index in [1.165, 1.54) is 16.4 Å². The van der Waals surface area contributed by atoms with Crippen LogP contribution in [0.2, 0.25) is 0 Å². The average molecular weight is 243 g/mol. The fourth-order valence-corrected chi connectivity index (χ4v) is 4.12. The molecule has 0 unspecified atom stereocenters. The zero-order chi connectivity index (χ0) is 11.1. The first-order valence-corrected chi connectivity index (χ1v) is 6.55. The van der Waals surface area contributed by atoms with Gasteiger partial charge in [0.05, 0.1) is 0 Å². The van der Waals surface area contributed by atoms with Gasteiger partial charge in [-0.2, -0.15) is 9.57 Å². The van der Waals surface area contributed by atoms with Crippen LogP contribution < -0.4 is 5.73 Å². The number of nitrogens with zero attached hydrogens (tertiary/aromatic N) is 2. The second-order valence-corrected chi connectivity index (χ2v) is 6.56. The molecule has 1 aliphatic rings. The summed E-state index contributed by atoms with van der Waals surface area (Å²) in [6.45, 7) is 0.726. The fraction of sp³-hybridized carbons (Fsp3) is 0.375. The maximum atomic E-state index is 11.9. The summed E-state index contributed by atoms with van der Waals surface area (Å²) in [7, 11) is -3.40. The molecule has 0 spiro atoms. The highest BCUT2D eigenvalue weighted by Gasteiger charge is 2.35. The van der Waals surface area contributed by atoms with Gasteiger partial charge in [0.15, 0.2) is 0 Å². The molecule has 2 N–H and O–H groups in total. The minimum atomic E-state index is -3.40. The van der Waals surface area contributed by atoms with Gasteiger partial charge in [-0.1, -0.05) is 0 Å². The molecule has 1 fully saturated rings. The number of rotatable bonds is 2. The summed E-state index contributed by atoms with van der Waals surface area (Å²) in [5, 5.41) is 8.60. The maximum Gasteiger partial charge on any atom is 0.252 e. The van der Waals surface area contributed by atoms with E-state index in [1.807, 2.05) is 6.07 Å². The second-order valence-electron chi connectivity index (χ2n) is 3.31. The first-order chi connectivity index (χ1) is 7.04. The fourth-order valence-electron chi connectivity index (χ4n) is 1.31. The van der Waals surface area contributed by atoms with Crippen LogP contribution >= 0.6 is 11.3 Å².